The summed E-state index contributed by atoms with van der Waals surface area (Å²) in [4.78, 5) is 26.3. The van der Waals surface area contributed by atoms with E-state index in [1.807, 2.05) is 25.1 Å². The molecule has 2 amide bonds. The highest BCUT2D eigenvalue weighted by molar-refractivity contribution is 6.31. The van der Waals surface area contributed by atoms with Crippen LogP contribution in [0.2, 0.25) is 5.02 Å². The van der Waals surface area contributed by atoms with Crippen molar-refractivity contribution in [3.63, 3.8) is 0 Å². The molecule has 0 radical (unpaired) electrons. The van der Waals surface area contributed by atoms with E-state index in [2.05, 4.69) is 0 Å². The number of halogens is 1. The van der Waals surface area contributed by atoms with Gasteiger partial charge in [-0.15, -0.1) is 0 Å². The van der Waals surface area contributed by atoms with Crippen LogP contribution in [-0.2, 0) is 11.3 Å². The van der Waals surface area contributed by atoms with Crippen LogP contribution in [0.1, 0.15) is 19.4 Å². The molecule has 1 aromatic rings. The van der Waals surface area contributed by atoms with Gasteiger partial charge in [0, 0.05) is 31.7 Å². The van der Waals surface area contributed by atoms with Crippen molar-refractivity contribution in [3.05, 3.63) is 34.9 Å². The minimum absolute atomic E-state index is 0.192. The van der Waals surface area contributed by atoms with Crippen LogP contribution < -0.4 is 0 Å². The van der Waals surface area contributed by atoms with Gasteiger partial charge in [0.05, 0.1) is 5.92 Å². The van der Waals surface area contributed by atoms with Gasteiger partial charge in [0.15, 0.2) is 0 Å². The Morgan fingerprint density at radius 3 is 2.48 bits per heavy atom. The molecule has 21 heavy (non-hydrogen) atoms. The van der Waals surface area contributed by atoms with Crippen molar-refractivity contribution < 1.29 is 14.7 Å². The Kier molecular flexibility index (Phi) is 6.49. The Morgan fingerprint density at radius 2 is 1.95 bits per heavy atom. The fraction of sp³-hybridized carbons (Fsp3) is 0.467. The van der Waals surface area contributed by atoms with Crippen molar-refractivity contribution in [1.82, 2.24) is 9.80 Å². The number of hydrogen-bond acceptors (Lipinski definition) is 2. The van der Waals surface area contributed by atoms with Crippen LogP contribution in [0.5, 0.6) is 0 Å². The molecular weight excluding hydrogens is 292 g/mol. The van der Waals surface area contributed by atoms with Crippen molar-refractivity contribution in [3.8, 4) is 0 Å². The van der Waals surface area contributed by atoms with Crippen LogP contribution >= 0.6 is 11.6 Å². The quantitative estimate of drug-likeness (QED) is 0.878. The standard InChI is InChI=1S/C15H21ClN2O3/c1-4-18(9-11(2)14(19)20)15(21)17(3)10-12-7-5-6-8-13(12)16/h5-8,11H,4,9-10H2,1-3H3,(H,19,20). The Morgan fingerprint density at radius 1 is 1.33 bits per heavy atom. The summed E-state index contributed by atoms with van der Waals surface area (Å²) in [6, 6.07) is 7.14. The number of carbonyl (C=O) groups excluding carboxylic acids is 1. The van der Waals surface area contributed by atoms with Crippen LogP contribution in [-0.4, -0.2) is 47.0 Å². The Labute approximate surface area is 130 Å². The Balaban J connectivity index is 2.71. The molecule has 0 aliphatic heterocycles. The van der Waals surface area contributed by atoms with Gasteiger partial charge in [0.25, 0.3) is 0 Å². The third-order valence-electron chi connectivity index (χ3n) is 3.26. The number of aliphatic carboxylic acids is 1. The normalized spacial score (nSPS) is 11.8. The third-order valence-corrected chi connectivity index (χ3v) is 3.63. The molecule has 1 rings (SSSR count). The molecule has 1 N–H and O–H groups in total. The molecular formula is C15H21ClN2O3. The summed E-state index contributed by atoms with van der Waals surface area (Å²) in [6.45, 7) is 4.46. The fourth-order valence-corrected chi connectivity index (χ4v) is 2.14. The van der Waals surface area contributed by atoms with Crippen molar-refractivity contribution in [1.29, 1.82) is 0 Å². The molecule has 0 aliphatic carbocycles. The number of carboxylic acids is 1. The number of benzene rings is 1. The van der Waals surface area contributed by atoms with Crippen LogP contribution in [0, 0.1) is 5.92 Å². The van der Waals surface area contributed by atoms with Crippen molar-refractivity contribution >= 4 is 23.6 Å². The number of hydrogen-bond donors (Lipinski definition) is 1. The molecule has 0 heterocycles. The van der Waals surface area contributed by atoms with Crippen molar-refractivity contribution in [2.24, 2.45) is 5.92 Å². The number of urea groups is 1. The van der Waals surface area contributed by atoms with Crippen LogP contribution in [0.15, 0.2) is 24.3 Å². The van der Waals surface area contributed by atoms with E-state index in [0.29, 0.717) is 18.1 Å². The number of amides is 2. The number of carboxylic acid groups (broad SMARTS) is 1. The second-order valence-electron chi connectivity index (χ2n) is 5.01. The lowest BCUT2D eigenvalue weighted by atomic mass is 10.1. The van der Waals surface area contributed by atoms with E-state index >= 15 is 0 Å². The van der Waals surface area contributed by atoms with Crippen LogP contribution in [0.25, 0.3) is 0 Å². The zero-order valence-electron chi connectivity index (χ0n) is 12.5. The van der Waals surface area contributed by atoms with Gasteiger partial charge in [-0.05, 0) is 18.6 Å². The summed E-state index contributed by atoms with van der Waals surface area (Å²) >= 11 is 6.08. The van der Waals surface area contributed by atoms with Gasteiger partial charge in [-0.1, -0.05) is 36.7 Å². The first-order valence-corrected chi connectivity index (χ1v) is 7.20. The van der Waals surface area contributed by atoms with E-state index in [4.69, 9.17) is 16.7 Å². The second-order valence-corrected chi connectivity index (χ2v) is 5.42. The number of rotatable bonds is 6. The zero-order valence-corrected chi connectivity index (χ0v) is 13.3. The van der Waals surface area contributed by atoms with Gasteiger partial charge < -0.3 is 14.9 Å². The van der Waals surface area contributed by atoms with E-state index in [-0.39, 0.29) is 12.6 Å². The summed E-state index contributed by atoms with van der Waals surface area (Å²) in [5, 5.41) is 9.56. The first kappa shape index (κ1) is 17.3. The van der Waals surface area contributed by atoms with Gasteiger partial charge in [-0.25, -0.2) is 4.79 Å². The van der Waals surface area contributed by atoms with E-state index in [1.54, 1.807) is 24.9 Å². The molecule has 1 atom stereocenters. The van der Waals surface area contributed by atoms with E-state index in [1.165, 1.54) is 4.90 Å². The fourth-order valence-electron chi connectivity index (χ4n) is 1.94. The minimum atomic E-state index is -0.907. The van der Waals surface area contributed by atoms with E-state index in [0.717, 1.165) is 5.56 Å². The lowest BCUT2D eigenvalue weighted by molar-refractivity contribution is -0.141. The molecule has 0 fully saturated rings. The number of carbonyl (C=O) groups is 2. The van der Waals surface area contributed by atoms with Crippen molar-refractivity contribution in [2.45, 2.75) is 20.4 Å². The monoisotopic (exact) mass is 312 g/mol. The SMILES string of the molecule is CCN(CC(C)C(=O)O)C(=O)N(C)Cc1ccccc1Cl. The molecule has 116 valence electrons. The topological polar surface area (TPSA) is 60.9 Å². The molecule has 0 aromatic heterocycles. The highest BCUT2D eigenvalue weighted by atomic mass is 35.5. The maximum absolute atomic E-state index is 12.4. The highest BCUT2D eigenvalue weighted by Gasteiger charge is 2.22. The highest BCUT2D eigenvalue weighted by Crippen LogP contribution is 2.17. The van der Waals surface area contributed by atoms with Crippen LogP contribution in [0.3, 0.4) is 0 Å². The van der Waals surface area contributed by atoms with Gasteiger partial charge in [-0.2, -0.15) is 0 Å². The molecule has 0 spiro atoms. The molecule has 0 saturated heterocycles. The molecule has 6 heteroatoms. The Bertz CT molecular complexity index is 507. The summed E-state index contributed by atoms with van der Waals surface area (Å²) in [5.41, 5.74) is 0.859. The Hall–Kier alpha value is -1.75. The number of nitrogens with zero attached hydrogens (tertiary/aromatic N) is 2. The maximum atomic E-state index is 12.4. The van der Waals surface area contributed by atoms with Gasteiger partial charge in [0.2, 0.25) is 0 Å². The zero-order chi connectivity index (χ0) is 16.0. The molecule has 0 saturated carbocycles. The second kappa shape index (κ2) is 7.88. The van der Waals surface area contributed by atoms with Gasteiger partial charge in [-0.3, -0.25) is 4.79 Å². The summed E-state index contributed by atoms with van der Waals surface area (Å²) in [7, 11) is 1.68. The van der Waals surface area contributed by atoms with E-state index < -0.39 is 11.9 Å². The summed E-state index contributed by atoms with van der Waals surface area (Å²) in [6.07, 6.45) is 0. The molecule has 1 unspecified atom stereocenters. The predicted molar refractivity (Wildman–Crippen MR) is 82.4 cm³/mol. The van der Waals surface area contributed by atoms with Crippen LogP contribution in [0.4, 0.5) is 4.79 Å². The average Bonchev–Trinajstić information content (AvgIpc) is 2.45. The third kappa shape index (κ3) is 4.93. The predicted octanol–water partition coefficient (Wildman–Crippen LogP) is 2.93. The summed E-state index contributed by atoms with van der Waals surface area (Å²) < 4.78 is 0. The molecule has 0 aliphatic rings. The molecule has 5 nitrogen and oxygen atoms in total. The average molecular weight is 313 g/mol. The summed E-state index contributed by atoms with van der Waals surface area (Å²) in [5.74, 6) is -1.50. The van der Waals surface area contributed by atoms with E-state index in [9.17, 15) is 9.59 Å². The van der Waals surface area contributed by atoms with Crippen molar-refractivity contribution in [2.75, 3.05) is 20.1 Å². The molecule has 0 bridgehead atoms. The molecule has 1 aromatic carbocycles. The first-order chi connectivity index (χ1) is 9.86. The minimum Gasteiger partial charge on any atom is -0.481 e. The first-order valence-electron chi connectivity index (χ1n) is 6.83. The maximum Gasteiger partial charge on any atom is 0.320 e. The lowest BCUT2D eigenvalue weighted by Crippen LogP contribution is -2.43. The lowest BCUT2D eigenvalue weighted by Gasteiger charge is -2.28. The smallest absolute Gasteiger partial charge is 0.320 e. The van der Waals surface area contributed by atoms with Gasteiger partial charge >= 0.3 is 12.0 Å². The largest absolute Gasteiger partial charge is 0.481 e. The van der Waals surface area contributed by atoms with Gasteiger partial charge in [0.1, 0.15) is 0 Å².